The van der Waals surface area contributed by atoms with Gasteiger partial charge in [-0.1, -0.05) is 38.8 Å². The third-order valence-corrected chi connectivity index (χ3v) is 3.86. The van der Waals surface area contributed by atoms with Crippen LogP contribution in [0.4, 0.5) is 5.69 Å². The van der Waals surface area contributed by atoms with Crippen LogP contribution in [0.15, 0.2) is 18.2 Å². The summed E-state index contributed by atoms with van der Waals surface area (Å²) in [5, 5.41) is 13.4. The van der Waals surface area contributed by atoms with E-state index in [-0.39, 0.29) is 5.91 Å². The highest BCUT2D eigenvalue weighted by molar-refractivity contribution is 5.99. The van der Waals surface area contributed by atoms with Crippen LogP contribution < -0.4 is 5.32 Å². The molecule has 0 fully saturated rings. The van der Waals surface area contributed by atoms with Crippen LogP contribution in [0.3, 0.4) is 0 Å². The van der Waals surface area contributed by atoms with E-state index in [9.17, 15) is 9.90 Å². The van der Waals surface area contributed by atoms with Crippen molar-refractivity contribution >= 4 is 11.6 Å². The smallest absolute Gasteiger partial charge is 0.228 e. The lowest BCUT2D eigenvalue weighted by atomic mass is 9.87. The molecule has 1 aliphatic rings. The fourth-order valence-corrected chi connectivity index (χ4v) is 2.91. The van der Waals surface area contributed by atoms with Gasteiger partial charge in [0.25, 0.3) is 0 Å². The average Bonchev–Trinajstić information content (AvgIpc) is 2.76. The first-order chi connectivity index (χ1) is 9.15. The lowest BCUT2D eigenvalue weighted by Gasteiger charge is -2.23. The Morgan fingerprint density at radius 3 is 2.58 bits per heavy atom. The highest BCUT2D eigenvalue weighted by atomic mass is 16.3. The van der Waals surface area contributed by atoms with E-state index in [2.05, 4.69) is 19.2 Å². The summed E-state index contributed by atoms with van der Waals surface area (Å²) in [6, 6.07) is 5.83. The third kappa shape index (κ3) is 3.16. The SMILES string of the molecule is CCCC(CCC)C(O)c1ccc2c(c1)CC(=O)N2. The summed E-state index contributed by atoms with van der Waals surface area (Å²) in [5.41, 5.74) is 2.85. The van der Waals surface area contributed by atoms with E-state index in [0.717, 1.165) is 42.5 Å². The number of carbonyl (C=O) groups excluding carboxylic acids is 1. The zero-order chi connectivity index (χ0) is 13.8. The number of carbonyl (C=O) groups is 1. The number of fused-ring (bicyclic) bond motifs is 1. The molecule has 1 amide bonds. The minimum Gasteiger partial charge on any atom is -0.388 e. The number of aliphatic hydroxyl groups excluding tert-OH is 1. The van der Waals surface area contributed by atoms with Crippen LogP contribution >= 0.6 is 0 Å². The maximum atomic E-state index is 11.3. The summed E-state index contributed by atoms with van der Waals surface area (Å²) in [4.78, 5) is 11.3. The highest BCUT2D eigenvalue weighted by Gasteiger charge is 2.23. The molecular formula is C16H23NO2. The molecule has 0 saturated carbocycles. The molecule has 0 saturated heterocycles. The number of benzene rings is 1. The van der Waals surface area contributed by atoms with E-state index in [1.807, 2.05) is 18.2 Å². The van der Waals surface area contributed by atoms with Crippen molar-refractivity contribution in [3.63, 3.8) is 0 Å². The van der Waals surface area contributed by atoms with Gasteiger partial charge in [-0.2, -0.15) is 0 Å². The fraction of sp³-hybridized carbons (Fsp3) is 0.562. The quantitative estimate of drug-likeness (QED) is 0.824. The number of hydrogen-bond acceptors (Lipinski definition) is 2. The van der Waals surface area contributed by atoms with Gasteiger partial charge in [0.2, 0.25) is 5.91 Å². The van der Waals surface area contributed by atoms with Crippen molar-refractivity contribution in [2.45, 2.75) is 52.1 Å². The summed E-state index contributed by atoms with van der Waals surface area (Å²) < 4.78 is 0. The highest BCUT2D eigenvalue weighted by Crippen LogP contribution is 2.33. The number of amides is 1. The second-order valence-electron chi connectivity index (χ2n) is 5.42. The molecule has 1 heterocycles. The predicted octanol–water partition coefficient (Wildman–Crippen LogP) is 3.43. The number of rotatable bonds is 6. The largest absolute Gasteiger partial charge is 0.388 e. The molecule has 104 valence electrons. The van der Waals surface area contributed by atoms with Crippen LogP contribution in [0.25, 0.3) is 0 Å². The Hall–Kier alpha value is -1.35. The lowest BCUT2D eigenvalue weighted by Crippen LogP contribution is -2.12. The zero-order valence-corrected chi connectivity index (χ0v) is 11.8. The van der Waals surface area contributed by atoms with Gasteiger partial charge in [0, 0.05) is 5.69 Å². The standard InChI is InChI=1S/C16H23NO2/c1-3-5-11(6-4-2)16(19)12-7-8-14-13(9-12)10-15(18)17-14/h7-9,11,16,19H,3-6,10H2,1-2H3,(H,17,18). The topological polar surface area (TPSA) is 49.3 Å². The van der Waals surface area contributed by atoms with Crippen molar-refractivity contribution in [2.75, 3.05) is 5.32 Å². The maximum absolute atomic E-state index is 11.3. The molecule has 19 heavy (non-hydrogen) atoms. The molecule has 0 bridgehead atoms. The van der Waals surface area contributed by atoms with Crippen LogP contribution in [-0.4, -0.2) is 11.0 Å². The fourth-order valence-electron chi connectivity index (χ4n) is 2.91. The first kappa shape index (κ1) is 14.1. The van der Waals surface area contributed by atoms with E-state index in [4.69, 9.17) is 0 Å². The summed E-state index contributed by atoms with van der Waals surface area (Å²) >= 11 is 0. The molecule has 1 aromatic carbocycles. The first-order valence-electron chi connectivity index (χ1n) is 7.26. The third-order valence-electron chi connectivity index (χ3n) is 3.86. The van der Waals surface area contributed by atoms with Gasteiger partial charge < -0.3 is 10.4 Å². The van der Waals surface area contributed by atoms with E-state index in [1.54, 1.807) is 0 Å². The Labute approximate surface area is 115 Å². The minimum absolute atomic E-state index is 0.0420. The predicted molar refractivity (Wildman–Crippen MR) is 77.0 cm³/mol. The van der Waals surface area contributed by atoms with Crippen LogP contribution in [-0.2, 0) is 11.2 Å². The van der Waals surface area contributed by atoms with Crippen LogP contribution in [0.2, 0.25) is 0 Å². The molecule has 0 radical (unpaired) electrons. The number of nitrogens with one attached hydrogen (secondary N) is 1. The van der Waals surface area contributed by atoms with E-state index in [1.165, 1.54) is 0 Å². The molecule has 1 aromatic rings. The summed E-state index contributed by atoms with van der Waals surface area (Å²) in [5.74, 6) is 0.360. The Bertz CT molecular complexity index is 450. The minimum atomic E-state index is -0.416. The molecular weight excluding hydrogens is 238 g/mol. The summed E-state index contributed by atoms with van der Waals surface area (Å²) in [7, 11) is 0. The maximum Gasteiger partial charge on any atom is 0.228 e. The molecule has 0 spiro atoms. The molecule has 2 N–H and O–H groups in total. The second-order valence-corrected chi connectivity index (χ2v) is 5.42. The Morgan fingerprint density at radius 1 is 1.26 bits per heavy atom. The van der Waals surface area contributed by atoms with Gasteiger partial charge in [0.1, 0.15) is 0 Å². The zero-order valence-electron chi connectivity index (χ0n) is 11.8. The van der Waals surface area contributed by atoms with Crippen molar-refractivity contribution in [2.24, 2.45) is 5.92 Å². The van der Waals surface area contributed by atoms with E-state index in [0.29, 0.717) is 12.3 Å². The van der Waals surface area contributed by atoms with Crippen molar-refractivity contribution in [1.82, 2.24) is 0 Å². The normalized spacial score (nSPS) is 15.5. The van der Waals surface area contributed by atoms with Gasteiger partial charge in [-0.25, -0.2) is 0 Å². The van der Waals surface area contributed by atoms with Crippen molar-refractivity contribution in [3.05, 3.63) is 29.3 Å². The molecule has 3 heteroatoms. The lowest BCUT2D eigenvalue weighted by molar-refractivity contribution is -0.115. The number of hydrogen-bond donors (Lipinski definition) is 2. The number of anilines is 1. The van der Waals surface area contributed by atoms with Crippen LogP contribution in [0.1, 0.15) is 56.8 Å². The van der Waals surface area contributed by atoms with Gasteiger partial charge in [-0.15, -0.1) is 0 Å². The first-order valence-corrected chi connectivity index (χ1v) is 7.26. The second kappa shape index (κ2) is 6.20. The van der Waals surface area contributed by atoms with Crippen LogP contribution in [0.5, 0.6) is 0 Å². The molecule has 1 unspecified atom stereocenters. The van der Waals surface area contributed by atoms with Crippen molar-refractivity contribution < 1.29 is 9.90 Å². The summed E-state index contributed by atoms with van der Waals surface area (Å²) in [6.07, 6.45) is 4.29. The molecule has 1 aliphatic heterocycles. The Kier molecular flexibility index (Phi) is 4.59. The van der Waals surface area contributed by atoms with E-state index < -0.39 is 6.10 Å². The van der Waals surface area contributed by atoms with Crippen molar-refractivity contribution in [3.8, 4) is 0 Å². The van der Waals surface area contributed by atoms with E-state index >= 15 is 0 Å². The van der Waals surface area contributed by atoms with Crippen molar-refractivity contribution in [1.29, 1.82) is 0 Å². The van der Waals surface area contributed by atoms with Gasteiger partial charge in [-0.05, 0) is 36.0 Å². The molecule has 0 aliphatic carbocycles. The van der Waals surface area contributed by atoms with Gasteiger partial charge in [0.15, 0.2) is 0 Å². The average molecular weight is 261 g/mol. The van der Waals surface area contributed by atoms with Gasteiger partial charge in [0.05, 0.1) is 12.5 Å². The molecule has 2 rings (SSSR count). The van der Waals surface area contributed by atoms with Crippen LogP contribution in [0, 0.1) is 5.92 Å². The number of aliphatic hydroxyl groups is 1. The molecule has 3 nitrogen and oxygen atoms in total. The Morgan fingerprint density at radius 2 is 1.95 bits per heavy atom. The summed E-state index contributed by atoms with van der Waals surface area (Å²) in [6.45, 7) is 4.31. The molecule has 0 aromatic heterocycles. The Balaban J connectivity index is 2.16. The monoisotopic (exact) mass is 261 g/mol. The van der Waals surface area contributed by atoms with Gasteiger partial charge >= 0.3 is 0 Å². The molecule has 1 atom stereocenters. The van der Waals surface area contributed by atoms with Gasteiger partial charge in [-0.3, -0.25) is 4.79 Å².